The number of hydrogen-bond donors (Lipinski definition) is 3. The van der Waals surface area contributed by atoms with Gasteiger partial charge in [0.05, 0.1) is 12.0 Å². The van der Waals surface area contributed by atoms with Crippen LogP contribution in [-0.4, -0.2) is 47.4 Å². The summed E-state index contributed by atoms with van der Waals surface area (Å²) in [6, 6.07) is 16.7. The summed E-state index contributed by atoms with van der Waals surface area (Å²) in [5, 5.41) is 11.9. The standard InChI is InChI=1S/C27H32N4O2S/c1-17-5-9-19(10-6-17)14-28-25(32)21-4-3-13-31(15-21)27-29-23-22(16-34-24(23)26(33)30-27)20-11-7-18(2)8-12-20/h5-12,16,21,23-24,27,29H,3-4,13-15H2,1-2H3,(H,28,32)(H,30,33). The van der Waals surface area contributed by atoms with Crippen molar-refractivity contribution in [3.05, 3.63) is 76.2 Å². The molecule has 0 bridgehead atoms. The van der Waals surface area contributed by atoms with E-state index in [2.05, 4.69) is 88.6 Å². The predicted octanol–water partition coefficient (Wildman–Crippen LogP) is 3.16. The summed E-state index contributed by atoms with van der Waals surface area (Å²) in [6.07, 6.45) is 1.53. The van der Waals surface area contributed by atoms with Gasteiger partial charge in [-0.2, -0.15) is 0 Å². The summed E-state index contributed by atoms with van der Waals surface area (Å²) in [4.78, 5) is 28.1. The Morgan fingerprint density at radius 1 is 1.09 bits per heavy atom. The quantitative estimate of drug-likeness (QED) is 0.618. The minimum Gasteiger partial charge on any atom is -0.352 e. The Bertz CT molecular complexity index is 1080. The molecule has 3 aliphatic heterocycles. The minimum absolute atomic E-state index is 0.0396. The Balaban J connectivity index is 1.22. The fourth-order valence-electron chi connectivity index (χ4n) is 4.97. The number of thioether (sulfide) groups is 1. The number of nitrogens with zero attached hydrogens (tertiary/aromatic N) is 1. The van der Waals surface area contributed by atoms with Gasteiger partial charge in [0, 0.05) is 19.6 Å². The third kappa shape index (κ3) is 4.92. The Kier molecular flexibility index (Phi) is 6.77. The molecular weight excluding hydrogens is 444 g/mol. The van der Waals surface area contributed by atoms with Crippen LogP contribution in [0.25, 0.3) is 5.57 Å². The van der Waals surface area contributed by atoms with Crippen molar-refractivity contribution < 1.29 is 9.59 Å². The van der Waals surface area contributed by atoms with Crippen LogP contribution in [0, 0.1) is 19.8 Å². The Morgan fingerprint density at radius 2 is 1.79 bits per heavy atom. The van der Waals surface area contributed by atoms with Crippen molar-refractivity contribution in [2.45, 2.75) is 50.8 Å². The van der Waals surface area contributed by atoms with Gasteiger partial charge < -0.3 is 10.6 Å². The molecule has 4 unspecified atom stereocenters. The number of rotatable bonds is 5. The van der Waals surface area contributed by atoms with E-state index in [9.17, 15) is 9.59 Å². The van der Waals surface area contributed by atoms with Crippen molar-refractivity contribution in [3.8, 4) is 0 Å². The second-order valence-electron chi connectivity index (χ2n) is 9.59. The number of aryl methyl sites for hydroxylation is 2. The van der Waals surface area contributed by atoms with E-state index in [1.165, 1.54) is 16.7 Å². The fraction of sp³-hybridized carbons (Fsp3) is 0.407. The molecule has 3 aliphatic rings. The molecule has 2 amide bonds. The number of nitrogens with one attached hydrogen (secondary N) is 3. The van der Waals surface area contributed by atoms with E-state index in [-0.39, 0.29) is 35.3 Å². The summed E-state index contributed by atoms with van der Waals surface area (Å²) in [7, 11) is 0. The van der Waals surface area contributed by atoms with Gasteiger partial charge in [0.25, 0.3) is 0 Å². The van der Waals surface area contributed by atoms with Crippen molar-refractivity contribution >= 4 is 29.1 Å². The van der Waals surface area contributed by atoms with Gasteiger partial charge in [-0.3, -0.25) is 19.8 Å². The van der Waals surface area contributed by atoms with E-state index in [1.807, 2.05) is 0 Å². The summed E-state index contributed by atoms with van der Waals surface area (Å²) in [5.74, 6) is 0.0608. The highest BCUT2D eigenvalue weighted by Crippen LogP contribution is 2.38. The maximum Gasteiger partial charge on any atom is 0.237 e. The summed E-state index contributed by atoms with van der Waals surface area (Å²) >= 11 is 1.58. The van der Waals surface area contributed by atoms with Gasteiger partial charge in [0.1, 0.15) is 11.5 Å². The van der Waals surface area contributed by atoms with Gasteiger partial charge >= 0.3 is 0 Å². The molecule has 2 saturated heterocycles. The van der Waals surface area contributed by atoms with Crippen molar-refractivity contribution in [1.82, 2.24) is 20.9 Å². The van der Waals surface area contributed by atoms with Crippen LogP contribution in [0.2, 0.25) is 0 Å². The molecule has 2 aromatic rings. The number of fused-ring (bicyclic) bond motifs is 1. The number of likely N-dealkylation sites (tertiary alicyclic amines) is 1. The number of hydrogen-bond acceptors (Lipinski definition) is 5. The van der Waals surface area contributed by atoms with E-state index in [0.29, 0.717) is 13.1 Å². The minimum atomic E-state index is -0.269. The zero-order chi connectivity index (χ0) is 23.7. The third-order valence-corrected chi connectivity index (χ3v) is 8.18. The van der Waals surface area contributed by atoms with Crippen LogP contribution in [0.15, 0.2) is 53.9 Å². The van der Waals surface area contributed by atoms with E-state index < -0.39 is 0 Å². The number of amides is 2. The lowest BCUT2D eigenvalue weighted by Crippen LogP contribution is -2.69. The summed E-state index contributed by atoms with van der Waals surface area (Å²) < 4.78 is 0. The molecule has 0 radical (unpaired) electrons. The van der Waals surface area contributed by atoms with Crippen LogP contribution >= 0.6 is 11.8 Å². The molecule has 6 nitrogen and oxygen atoms in total. The topological polar surface area (TPSA) is 73.5 Å². The Labute approximate surface area is 205 Å². The maximum absolute atomic E-state index is 12.9. The number of carbonyl (C=O) groups is 2. The largest absolute Gasteiger partial charge is 0.352 e. The van der Waals surface area contributed by atoms with E-state index in [4.69, 9.17) is 0 Å². The lowest BCUT2D eigenvalue weighted by atomic mass is 9.94. The first kappa shape index (κ1) is 23.1. The smallest absolute Gasteiger partial charge is 0.237 e. The van der Waals surface area contributed by atoms with Gasteiger partial charge in [-0.15, -0.1) is 11.8 Å². The van der Waals surface area contributed by atoms with Crippen LogP contribution in [0.5, 0.6) is 0 Å². The lowest BCUT2D eigenvalue weighted by Gasteiger charge is -2.43. The summed E-state index contributed by atoms with van der Waals surface area (Å²) in [5.41, 5.74) is 5.85. The molecule has 178 valence electrons. The van der Waals surface area contributed by atoms with Crippen LogP contribution in [0.1, 0.15) is 35.1 Å². The van der Waals surface area contributed by atoms with Crippen LogP contribution in [0.4, 0.5) is 0 Å². The van der Waals surface area contributed by atoms with Gasteiger partial charge in [-0.1, -0.05) is 59.7 Å². The molecule has 5 rings (SSSR count). The zero-order valence-corrected chi connectivity index (χ0v) is 20.5. The van der Waals surface area contributed by atoms with E-state index in [0.717, 1.165) is 30.5 Å². The first-order valence-electron chi connectivity index (χ1n) is 12.0. The molecule has 0 spiro atoms. The van der Waals surface area contributed by atoms with Crippen molar-refractivity contribution in [1.29, 1.82) is 0 Å². The van der Waals surface area contributed by atoms with Gasteiger partial charge in [0.2, 0.25) is 11.8 Å². The maximum atomic E-state index is 12.9. The molecule has 3 N–H and O–H groups in total. The lowest BCUT2D eigenvalue weighted by molar-refractivity contribution is -0.129. The average Bonchev–Trinajstić information content (AvgIpc) is 3.29. The number of carbonyl (C=O) groups excluding carboxylic acids is 2. The molecule has 2 fully saturated rings. The first-order valence-corrected chi connectivity index (χ1v) is 13.0. The van der Waals surface area contributed by atoms with Crippen LogP contribution in [0.3, 0.4) is 0 Å². The predicted molar refractivity (Wildman–Crippen MR) is 137 cm³/mol. The summed E-state index contributed by atoms with van der Waals surface area (Å²) in [6.45, 7) is 6.17. The Hall–Kier alpha value is -2.61. The monoisotopic (exact) mass is 476 g/mol. The molecule has 2 aromatic carbocycles. The number of benzene rings is 2. The molecular formula is C27H32N4O2S. The second-order valence-corrected chi connectivity index (χ2v) is 10.6. The van der Waals surface area contributed by atoms with Crippen molar-refractivity contribution in [2.24, 2.45) is 5.92 Å². The molecule has 4 atom stereocenters. The van der Waals surface area contributed by atoms with Crippen molar-refractivity contribution in [3.63, 3.8) is 0 Å². The zero-order valence-electron chi connectivity index (χ0n) is 19.7. The average molecular weight is 477 g/mol. The van der Waals surface area contributed by atoms with Gasteiger partial charge in [0.15, 0.2) is 0 Å². The molecule has 0 saturated carbocycles. The molecule has 3 heterocycles. The van der Waals surface area contributed by atoms with E-state index in [1.54, 1.807) is 11.8 Å². The van der Waals surface area contributed by atoms with Crippen LogP contribution in [-0.2, 0) is 16.1 Å². The molecule has 34 heavy (non-hydrogen) atoms. The molecule has 0 aromatic heterocycles. The highest BCUT2D eigenvalue weighted by atomic mass is 32.2. The Morgan fingerprint density at radius 3 is 2.53 bits per heavy atom. The van der Waals surface area contributed by atoms with Gasteiger partial charge in [-0.05, 0) is 48.8 Å². The first-order chi connectivity index (χ1) is 16.5. The van der Waals surface area contributed by atoms with E-state index >= 15 is 0 Å². The molecule has 0 aliphatic carbocycles. The normalized spacial score (nSPS) is 27.0. The highest BCUT2D eigenvalue weighted by molar-refractivity contribution is 8.04. The van der Waals surface area contributed by atoms with Crippen LogP contribution < -0.4 is 16.0 Å². The molecule has 7 heteroatoms. The van der Waals surface area contributed by atoms with Gasteiger partial charge in [-0.25, -0.2) is 0 Å². The number of piperidine rings is 1. The third-order valence-electron chi connectivity index (χ3n) is 7.02. The fourth-order valence-corrected chi connectivity index (χ4v) is 6.12. The van der Waals surface area contributed by atoms with Crippen molar-refractivity contribution in [2.75, 3.05) is 13.1 Å². The SMILES string of the molecule is Cc1ccc(CNC(=O)C2CCCN(C3NC(=O)C4SC=C(c5ccc(C)cc5)C4N3)C2)cc1. The highest BCUT2D eigenvalue weighted by Gasteiger charge is 2.44. The second kappa shape index (κ2) is 9.94.